The minimum atomic E-state index is -1.00. The van der Waals surface area contributed by atoms with Crippen LogP contribution in [-0.2, 0) is 21.7 Å². The Hall–Kier alpha value is -10.2. The quantitative estimate of drug-likeness (QED) is 0.103. The number of fused-ring (bicyclic) bond motifs is 12. The van der Waals surface area contributed by atoms with Crippen LogP contribution in [0.4, 0.5) is 4.39 Å². The van der Waals surface area contributed by atoms with Crippen LogP contribution >= 0.6 is 76.2 Å². The Balaban J connectivity index is 0.000000119. The maximum absolute atomic E-state index is 9.96. The molecule has 118 heavy (non-hydrogen) atoms. The van der Waals surface area contributed by atoms with Crippen LogP contribution in [0.2, 0.25) is 0 Å². The molecule has 0 fully saturated rings. The SMILES string of the molecule is Brc1ccc2ccc3c(Br)ccc4ccc1c2c43.CC1(C)c2ccccc2-c2ccc(-c3cc(Br)c4ccc5c(-c6ccc7c(c6)C(C)(C)c6ccccc6-7)cc(Br)c6ccc3c4c65)cc21.CC1(C)c2ccccc2-c2ccc(-c3ccc4ccc5c(-c6ccc7c(c6)C(C)(C)c6ccccc6-7)ccc6ccc3c4c65)cc21.[2H]CF.[B]B(N)S. The molecule has 9 heteroatoms. The third-order valence-corrected chi connectivity index (χ3v) is 29.3. The van der Waals surface area contributed by atoms with Crippen molar-refractivity contribution in [2.24, 2.45) is 5.64 Å². The average Bonchev–Trinajstić information content (AvgIpc) is 0.874. The summed E-state index contributed by atoms with van der Waals surface area (Å²) in [4.78, 5) is 0. The Morgan fingerprint density at radius 3 is 0.771 bits per heavy atom. The van der Waals surface area contributed by atoms with Crippen LogP contribution in [0.1, 0.15) is 101 Å². The van der Waals surface area contributed by atoms with Crippen LogP contribution < -0.4 is 5.64 Å². The topological polar surface area (TPSA) is 26.0 Å². The number of alkyl halides is 1. The van der Waals surface area contributed by atoms with Crippen molar-refractivity contribution >= 4 is 187 Å². The summed E-state index contributed by atoms with van der Waals surface area (Å²) in [5.74, 6) is 0. The predicted molar refractivity (Wildman–Crippen MR) is 525 cm³/mol. The Morgan fingerprint density at radius 1 is 0.263 bits per heavy atom. The molecule has 20 aromatic carbocycles. The van der Waals surface area contributed by atoms with Crippen molar-refractivity contribution in [1.29, 1.82) is 0 Å². The Kier molecular flexibility index (Phi) is 18.2. The van der Waals surface area contributed by atoms with Crippen LogP contribution in [0.3, 0.4) is 0 Å². The van der Waals surface area contributed by atoms with Crippen LogP contribution in [0.25, 0.3) is 186 Å². The molecule has 0 aliphatic heterocycles. The minimum Gasteiger partial charge on any atom is -0.368 e. The summed E-state index contributed by atoms with van der Waals surface area (Å²) in [7, 11) is 3.75. The fourth-order valence-corrected chi connectivity index (χ4v) is 23.0. The van der Waals surface area contributed by atoms with Gasteiger partial charge >= 0.3 is 0 Å². The van der Waals surface area contributed by atoms with Gasteiger partial charge in [0.2, 0.25) is 6.02 Å². The number of nitrogens with two attached hydrogens (primary N) is 1. The summed E-state index contributed by atoms with van der Waals surface area (Å²) in [6, 6.07) is 114. The Labute approximate surface area is 730 Å². The number of hydrogen-bond acceptors (Lipinski definition) is 2. The molecule has 0 amide bonds. The minimum absolute atomic E-state index is 0.0214. The first-order chi connectivity index (χ1) is 57.4. The second-order valence-corrected chi connectivity index (χ2v) is 38.3. The number of thiol groups is 1. The Morgan fingerprint density at radius 2 is 0.466 bits per heavy atom. The first-order valence-corrected chi connectivity index (χ1v) is 43.9. The van der Waals surface area contributed by atoms with Gasteiger partial charge in [-0.05, 0) is 279 Å². The molecule has 0 saturated heterocycles. The summed E-state index contributed by atoms with van der Waals surface area (Å²) in [6.45, 7) is 18.9. The van der Waals surface area contributed by atoms with E-state index in [-0.39, 0.29) is 21.7 Å². The van der Waals surface area contributed by atoms with Gasteiger partial charge in [0.25, 0.3) is 0 Å². The molecule has 4 aliphatic rings. The van der Waals surface area contributed by atoms with E-state index in [2.05, 4.69) is 435 Å². The molecule has 0 spiro atoms. The van der Waals surface area contributed by atoms with E-state index < -0.39 is 13.2 Å². The van der Waals surface area contributed by atoms with E-state index in [4.69, 9.17) is 14.8 Å². The molecule has 20 aromatic rings. The van der Waals surface area contributed by atoms with Gasteiger partial charge in [-0.25, -0.2) is 12.5 Å². The van der Waals surface area contributed by atoms with Crippen molar-refractivity contribution in [3.63, 3.8) is 0 Å². The molecule has 0 bridgehead atoms. The Bertz CT molecular complexity index is 7170. The first-order valence-electron chi connectivity index (χ1n) is 40.9. The highest BCUT2D eigenvalue weighted by molar-refractivity contribution is 9.11. The lowest BCUT2D eigenvalue weighted by Gasteiger charge is -2.23. The van der Waals surface area contributed by atoms with Gasteiger partial charge in [0, 0.05) is 39.6 Å². The van der Waals surface area contributed by atoms with Gasteiger partial charge in [-0.15, -0.1) is 0 Å². The van der Waals surface area contributed by atoms with Crippen molar-refractivity contribution < 1.29 is 5.76 Å². The van der Waals surface area contributed by atoms with Gasteiger partial charge in [-0.3, -0.25) is 4.39 Å². The second kappa shape index (κ2) is 28.5. The van der Waals surface area contributed by atoms with Gasteiger partial charge in [0.1, 0.15) is 0 Å². The van der Waals surface area contributed by atoms with Crippen molar-refractivity contribution in [3.05, 3.63) is 366 Å². The molecular weight excluding hydrogens is 1720 g/mol. The zero-order chi connectivity index (χ0) is 82.2. The molecular formula is C109H80B2Br4FNS. The highest BCUT2D eigenvalue weighted by Crippen LogP contribution is 2.57. The zero-order valence-corrected chi connectivity index (χ0v) is 73.9. The van der Waals surface area contributed by atoms with E-state index in [1.165, 1.54) is 230 Å². The lowest BCUT2D eigenvalue weighted by Crippen LogP contribution is -2.17. The van der Waals surface area contributed by atoms with E-state index in [0.29, 0.717) is 0 Å². The molecule has 568 valence electrons. The van der Waals surface area contributed by atoms with E-state index in [1.807, 2.05) is 0 Å². The number of rotatable bonds is 4. The summed E-state index contributed by atoms with van der Waals surface area (Å²) >= 11 is 18.9. The number of benzene rings is 20. The number of hydrogen-bond donors (Lipinski definition) is 2. The molecule has 0 atom stereocenters. The monoisotopic (exact) mass is 1790 g/mol. The maximum Gasteiger partial charge on any atom is 0.225 e. The van der Waals surface area contributed by atoms with Gasteiger partial charge in [-0.1, -0.05) is 374 Å². The highest BCUT2D eigenvalue weighted by atomic mass is 79.9. The predicted octanol–water partition coefficient (Wildman–Crippen LogP) is 32.3. The van der Waals surface area contributed by atoms with Gasteiger partial charge in [-0.2, -0.15) is 0 Å². The summed E-state index contributed by atoms with van der Waals surface area (Å²) in [6.07, 6.45) is 0. The third kappa shape index (κ3) is 11.7. The van der Waals surface area contributed by atoms with Crippen LogP contribution in [0, 0.1) is 0 Å². The summed E-state index contributed by atoms with van der Waals surface area (Å²) in [5, 5.41) is 23.5. The third-order valence-electron chi connectivity index (χ3n) is 26.6. The largest absolute Gasteiger partial charge is 0.368 e. The molecule has 2 radical (unpaired) electrons. The normalized spacial score (nSPS) is 14.3. The fraction of sp³-hybridized carbons (Fsp3) is 0.119. The molecule has 4 aliphatic carbocycles. The smallest absolute Gasteiger partial charge is 0.225 e. The van der Waals surface area contributed by atoms with Crippen molar-refractivity contribution in [3.8, 4) is 89.0 Å². The molecule has 0 aromatic heterocycles. The molecule has 1 nitrogen and oxygen atoms in total. The second-order valence-electron chi connectivity index (χ2n) is 34.3. The van der Waals surface area contributed by atoms with Gasteiger partial charge in [0.05, 0.1) is 16.3 Å². The van der Waals surface area contributed by atoms with Crippen molar-refractivity contribution in [1.82, 2.24) is 0 Å². The van der Waals surface area contributed by atoms with Crippen LogP contribution in [-0.4, -0.2) is 20.9 Å². The van der Waals surface area contributed by atoms with Gasteiger partial charge < -0.3 is 5.64 Å². The first kappa shape index (κ1) is 75.3. The van der Waals surface area contributed by atoms with E-state index in [0.717, 1.165) is 17.9 Å². The van der Waals surface area contributed by atoms with E-state index in [1.54, 1.807) is 0 Å². The fourth-order valence-electron chi connectivity index (χ4n) is 20.9. The molecule has 0 saturated carbocycles. The molecule has 0 heterocycles. The number of halogens is 5. The van der Waals surface area contributed by atoms with Crippen LogP contribution in [0.15, 0.2) is 321 Å². The van der Waals surface area contributed by atoms with E-state index >= 15 is 0 Å². The highest BCUT2D eigenvalue weighted by Gasteiger charge is 2.40. The zero-order valence-electron chi connectivity index (χ0n) is 67.6. The van der Waals surface area contributed by atoms with Crippen molar-refractivity contribution in [2.45, 2.75) is 77.0 Å². The summed E-state index contributed by atoms with van der Waals surface area (Å²) < 4.78 is 20.1. The molecule has 2 N–H and O–H groups in total. The average molecular weight is 1800 g/mol. The van der Waals surface area contributed by atoms with E-state index in [9.17, 15) is 4.39 Å². The summed E-state index contributed by atoms with van der Waals surface area (Å²) in [5.41, 5.74) is 37.0. The van der Waals surface area contributed by atoms with Gasteiger partial charge in [0.15, 0.2) is 0 Å². The van der Waals surface area contributed by atoms with Crippen LogP contribution in [0.5, 0.6) is 0 Å². The lowest BCUT2D eigenvalue weighted by atomic mass is 9.67. The van der Waals surface area contributed by atoms with Crippen molar-refractivity contribution in [2.75, 3.05) is 7.15 Å². The maximum atomic E-state index is 9.96. The standard InChI is InChI=1S/C46H32Br2.C46H34.C16H8Br2.CH3F.B2H3NS/c1-45(2)37-11-7-5-9-27(37)29-15-13-25(21-39(29)45)35-23-41(47)33-20-18-32-36(24-42(48)34-19-17-31(35)43(33)44(32)34)26-14-16-30-28-10-6-8-12-38(28)46(3,4)40(30)22-26;1-45(2)39-11-7-5-9-33(39)35-21-17-29(25-41(35)45)31-19-13-27-16-24-38-32(20-14-28-15-23-37(31)43(27)44(28)38)30-18-22-36-34-10-6-8-12-40(34)46(3,4)42(36)26-30;17-13-8-4-10-2-6-12-14(18)7-3-9-1-5-11(13)16(10)15(9)12;1-2;1-2(3)4/h5-24H,1-4H3;5-26H,1-4H3;1-8H;1H3;4H,3H2/i;;;1D;. The molecule has 24 rings (SSSR count). The molecule has 0 unspecified atom stereocenters. The lowest BCUT2D eigenvalue weighted by molar-refractivity contribution is 0.636.